The summed E-state index contributed by atoms with van der Waals surface area (Å²) in [6.45, 7) is 0. The zero-order chi connectivity index (χ0) is 7.95. The summed E-state index contributed by atoms with van der Waals surface area (Å²) in [5.74, 6) is 0. The van der Waals surface area contributed by atoms with Crippen molar-refractivity contribution in [2.75, 3.05) is 0 Å². The molecule has 0 saturated heterocycles. The highest BCUT2D eigenvalue weighted by atomic mass is 14.8. The Bertz CT molecular complexity index is 200. The summed E-state index contributed by atoms with van der Waals surface area (Å²) in [5, 5.41) is 8.77. The van der Waals surface area contributed by atoms with Crippen LogP contribution >= 0.6 is 0 Å². The normalized spacial score (nSPS) is 31.3. The van der Waals surface area contributed by atoms with Gasteiger partial charge < -0.3 is 5.73 Å². The van der Waals surface area contributed by atoms with Crippen LogP contribution in [0.1, 0.15) is 38.5 Å². The first-order chi connectivity index (χ1) is 5.18. The molecule has 0 aliphatic heterocycles. The van der Waals surface area contributed by atoms with Gasteiger partial charge in [-0.15, -0.1) is 0 Å². The highest BCUT2D eigenvalue weighted by Gasteiger charge is 2.48. The highest BCUT2D eigenvalue weighted by Crippen LogP contribution is 2.57. The minimum absolute atomic E-state index is 0.478. The highest BCUT2D eigenvalue weighted by molar-refractivity contribution is 5.11. The SMILES string of the molecule is N#CC1(N)CCC2(CC1)CC2. The van der Waals surface area contributed by atoms with E-state index >= 15 is 0 Å². The molecular formula is C9H14N2. The Balaban J connectivity index is 2.00. The van der Waals surface area contributed by atoms with Gasteiger partial charge in [-0.25, -0.2) is 0 Å². The van der Waals surface area contributed by atoms with Gasteiger partial charge in [0.25, 0.3) is 0 Å². The van der Waals surface area contributed by atoms with Gasteiger partial charge in [0.15, 0.2) is 0 Å². The van der Waals surface area contributed by atoms with E-state index in [0.29, 0.717) is 5.41 Å². The second-order valence-corrected chi connectivity index (χ2v) is 4.27. The van der Waals surface area contributed by atoms with Gasteiger partial charge in [-0.2, -0.15) is 5.26 Å². The van der Waals surface area contributed by atoms with Crippen LogP contribution in [0.4, 0.5) is 0 Å². The van der Waals surface area contributed by atoms with Crippen LogP contribution in [0.25, 0.3) is 0 Å². The Labute approximate surface area is 67.4 Å². The molecular weight excluding hydrogens is 136 g/mol. The van der Waals surface area contributed by atoms with E-state index in [2.05, 4.69) is 6.07 Å². The van der Waals surface area contributed by atoms with E-state index in [1.165, 1.54) is 25.7 Å². The largest absolute Gasteiger partial charge is 0.313 e. The molecule has 60 valence electrons. The standard InChI is InChI=1S/C9H14N2/c10-7-9(11)5-3-8(1-2-8)4-6-9/h1-6,11H2. The zero-order valence-corrected chi connectivity index (χ0v) is 6.77. The molecule has 2 nitrogen and oxygen atoms in total. The molecule has 0 amide bonds. The van der Waals surface area contributed by atoms with Gasteiger partial charge in [0.2, 0.25) is 0 Å². The number of hydrogen-bond acceptors (Lipinski definition) is 2. The van der Waals surface area contributed by atoms with Crippen molar-refractivity contribution in [3.8, 4) is 6.07 Å². The zero-order valence-electron chi connectivity index (χ0n) is 6.77. The van der Waals surface area contributed by atoms with Gasteiger partial charge in [-0.1, -0.05) is 0 Å². The first-order valence-electron chi connectivity index (χ1n) is 4.38. The van der Waals surface area contributed by atoms with E-state index in [-0.39, 0.29) is 0 Å². The molecule has 11 heavy (non-hydrogen) atoms. The van der Waals surface area contributed by atoms with Crippen molar-refractivity contribution >= 4 is 0 Å². The molecule has 0 aromatic carbocycles. The van der Waals surface area contributed by atoms with Gasteiger partial charge in [0.1, 0.15) is 5.54 Å². The van der Waals surface area contributed by atoms with E-state index in [1.807, 2.05) is 0 Å². The number of hydrogen-bond donors (Lipinski definition) is 1. The number of rotatable bonds is 0. The van der Waals surface area contributed by atoms with Crippen molar-refractivity contribution in [1.82, 2.24) is 0 Å². The summed E-state index contributed by atoms with van der Waals surface area (Å²) >= 11 is 0. The van der Waals surface area contributed by atoms with Crippen LogP contribution in [-0.2, 0) is 0 Å². The molecule has 2 saturated carbocycles. The van der Waals surface area contributed by atoms with E-state index < -0.39 is 5.54 Å². The lowest BCUT2D eigenvalue weighted by molar-refractivity contribution is 0.263. The molecule has 1 spiro atoms. The molecule has 0 heterocycles. The van der Waals surface area contributed by atoms with Crippen molar-refractivity contribution in [3.05, 3.63) is 0 Å². The van der Waals surface area contributed by atoms with E-state index in [9.17, 15) is 0 Å². The number of nitriles is 1. The summed E-state index contributed by atoms with van der Waals surface area (Å²) < 4.78 is 0. The van der Waals surface area contributed by atoms with Crippen molar-refractivity contribution < 1.29 is 0 Å². The van der Waals surface area contributed by atoms with Crippen LogP contribution < -0.4 is 5.73 Å². The van der Waals surface area contributed by atoms with E-state index in [1.54, 1.807) is 0 Å². The van der Waals surface area contributed by atoms with Crippen molar-refractivity contribution in [1.29, 1.82) is 5.26 Å². The van der Waals surface area contributed by atoms with Crippen LogP contribution in [0.15, 0.2) is 0 Å². The summed E-state index contributed by atoms with van der Waals surface area (Å²) in [6.07, 6.45) is 6.99. The molecule has 2 aliphatic carbocycles. The molecule has 0 atom stereocenters. The maximum Gasteiger partial charge on any atom is 0.104 e. The lowest BCUT2D eigenvalue weighted by Crippen LogP contribution is -2.42. The Kier molecular flexibility index (Phi) is 1.28. The first kappa shape index (κ1) is 7.12. The molecule has 0 bridgehead atoms. The molecule has 0 aromatic heterocycles. The Hall–Kier alpha value is -0.550. The fourth-order valence-electron chi connectivity index (χ4n) is 2.02. The molecule has 2 rings (SSSR count). The van der Waals surface area contributed by atoms with Gasteiger partial charge in [-0.05, 0) is 43.9 Å². The summed E-state index contributed by atoms with van der Waals surface area (Å²) in [7, 11) is 0. The van der Waals surface area contributed by atoms with Crippen LogP contribution in [0, 0.1) is 16.7 Å². The summed E-state index contributed by atoms with van der Waals surface area (Å²) in [5.41, 5.74) is 6.02. The van der Waals surface area contributed by atoms with E-state index in [4.69, 9.17) is 11.0 Å². The van der Waals surface area contributed by atoms with Crippen LogP contribution in [-0.4, -0.2) is 5.54 Å². The topological polar surface area (TPSA) is 49.8 Å². The molecule has 2 aliphatic rings. The summed E-state index contributed by atoms with van der Waals surface area (Å²) in [4.78, 5) is 0. The van der Waals surface area contributed by atoms with E-state index in [0.717, 1.165) is 12.8 Å². The number of nitrogens with zero attached hydrogens (tertiary/aromatic N) is 1. The third kappa shape index (κ3) is 1.14. The lowest BCUT2D eigenvalue weighted by Gasteiger charge is -2.31. The van der Waals surface area contributed by atoms with Gasteiger partial charge in [-0.3, -0.25) is 0 Å². The van der Waals surface area contributed by atoms with Gasteiger partial charge >= 0.3 is 0 Å². The maximum atomic E-state index is 8.77. The first-order valence-corrected chi connectivity index (χ1v) is 4.38. The third-order valence-corrected chi connectivity index (χ3v) is 3.38. The van der Waals surface area contributed by atoms with Crippen LogP contribution in [0.3, 0.4) is 0 Å². The maximum absolute atomic E-state index is 8.77. The number of nitrogens with two attached hydrogens (primary N) is 1. The average Bonchev–Trinajstić information content (AvgIpc) is 2.78. The van der Waals surface area contributed by atoms with Crippen molar-refractivity contribution in [3.63, 3.8) is 0 Å². The fraction of sp³-hybridized carbons (Fsp3) is 0.889. The van der Waals surface area contributed by atoms with Crippen molar-refractivity contribution in [2.45, 2.75) is 44.1 Å². The molecule has 2 fully saturated rings. The average molecular weight is 150 g/mol. The Morgan fingerprint density at radius 2 is 1.45 bits per heavy atom. The minimum Gasteiger partial charge on any atom is -0.313 e. The molecule has 2 N–H and O–H groups in total. The van der Waals surface area contributed by atoms with Crippen LogP contribution in [0.5, 0.6) is 0 Å². The quantitative estimate of drug-likeness (QED) is 0.569. The third-order valence-electron chi connectivity index (χ3n) is 3.38. The predicted octanol–water partition coefficient (Wildman–Crippen LogP) is 1.56. The Morgan fingerprint density at radius 1 is 1.00 bits per heavy atom. The second-order valence-electron chi connectivity index (χ2n) is 4.27. The molecule has 0 unspecified atom stereocenters. The lowest BCUT2D eigenvalue weighted by atomic mass is 9.76. The molecule has 0 radical (unpaired) electrons. The second kappa shape index (κ2) is 1.98. The predicted molar refractivity (Wildman–Crippen MR) is 42.7 cm³/mol. The monoisotopic (exact) mass is 150 g/mol. The smallest absolute Gasteiger partial charge is 0.104 e. The minimum atomic E-state index is -0.478. The summed E-state index contributed by atoms with van der Waals surface area (Å²) in [6, 6.07) is 2.22. The van der Waals surface area contributed by atoms with Gasteiger partial charge in [0.05, 0.1) is 6.07 Å². The van der Waals surface area contributed by atoms with Crippen LogP contribution in [0.2, 0.25) is 0 Å². The van der Waals surface area contributed by atoms with Crippen molar-refractivity contribution in [2.24, 2.45) is 11.1 Å². The molecule has 2 heteroatoms. The molecule has 0 aromatic rings. The Morgan fingerprint density at radius 3 is 1.82 bits per heavy atom. The van der Waals surface area contributed by atoms with Gasteiger partial charge in [0, 0.05) is 0 Å². The fourth-order valence-corrected chi connectivity index (χ4v) is 2.02.